The molecular weight excluding hydrogens is 340 g/mol. The van der Waals surface area contributed by atoms with Crippen molar-refractivity contribution in [3.8, 4) is 0 Å². The molecule has 0 saturated heterocycles. The van der Waals surface area contributed by atoms with Crippen LogP contribution < -0.4 is 0 Å². The highest BCUT2D eigenvalue weighted by molar-refractivity contribution is 5.79. The van der Waals surface area contributed by atoms with Crippen molar-refractivity contribution in [3.05, 3.63) is 0 Å². The number of ketones is 1. The summed E-state index contributed by atoms with van der Waals surface area (Å²) in [6, 6.07) is 0. The normalized spacial score (nSPS) is 53.1. The first-order valence-electron chi connectivity index (χ1n) is 13.6. The minimum absolute atomic E-state index is 0.0257. The summed E-state index contributed by atoms with van der Waals surface area (Å²) in [5.41, 5.74) is 0.334. The number of carbonyl (C=O) groups excluding carboxylic acids is 1. The van der Waals surface area contributed by atoms with Crippen LogP contribution in [0.1, 0.15) is 114 Å². The maximum Gasteiger partial charge on any atom is 0.133 e. The van der Waals surface area contributed by atoms with Crippen LogP contribution in [0.4, 0.5) is 0 Å². The monoisotopic (exact) mass is 390 g/mol. The molecule has 0 aromatic rings. The quantitative estimate of drug-likeness (QED) is 0.470. The van der Waals surface area contributed by atoms with Gasteiger partial charge >= 0.3 is 0 Å². The van der Waals surface area contributed by atoms with Crippen LogP contribution >= 0.6 is 0 Å². The second-order valence-corrected chi connectivity index (χ2v) is 12.0. The van der Waals surface area contributed by atoms with E-state index in [0.717, 1.165) is 48.9 Å². The molecule has 0 radical (unpaired) electrons. The van der Waals surface area contributed by atoms with E-state index in [2.05, 4.69) is 34.6 Å². The van der Waals surface area contributed by atoms with Gasteiger partial charge in [0.2, 0.25) is 0 Å². The topological polar surface area (TPSA) is 17.1 Å². The summed E-state index contributed by atoms with van der Waals surface area (Å²) in [7, 11) is 0. The Morgan fingerprint density at radius 2 is 1.75 bits per heavy atom. The van der Waals surface area contributed by atoms with Gasteiger partial charge in [0, 0.05) is 15.6 Å². The van der Waals surface area contributed by atoms with Crippen LogP contribution in [0.25, 0.3) is 0 Å². The molecule has 0 spiro atoms. The van der Waals surface area contributed by atoms with E-state index in [0.29, 0.717) is 17.8 Å². The van der Waals surface area contributed by atoms with E-state index in [1.165, 1.54) is 44.9 Å². The van der Waals surface area contributed by atoms with Gasteiger partial charge in [0.15, 0.2) is 0 Å². The summed E-state index contributed by atoms with van der Waals surface area (Å²) in [5.74, 6) is 3.76. The van der Waals surface area contributed by atoms with Crippen molar-refractivity contribution >= 4 is 5.78 Å². The first-order chi connectivity index (χ1) is 14.0. The molecule has 4 saturated carbocycles. The van der Waals surface area contributed by atoms with E-state index >= 15 is 0 Å². The third-order valence-corrected chi connectivity index (χ3v) is 10.2. The van der Waals surface area contributed by atoms with E-state index in [1.807, 2.05) is 0 Å². The number of carbonyl (C=O) groups is 1. The molecule has 0 amide bonds. The molecule has 0 aromatic heterocycles. The van der Waals surface area contributed by atoms with Gasteiger partial charge in [0.05, 0.1) is 0 Å². The molecule has 9 atom stereocenters. The molecule has 1 heteroatoms. The fraction of sp³-hybridized carbons (Fsp3) is 0.963. The van der Waals surface area contributed by atoms with Crippen LogP contribution in [0.15, 0.2) is 0 Å². The summed E-state index contributed by atoms with van der Waals surface area (Å²) in [6.45, 7) is 12.1. The average Bonchev–Trinajstić information content (AvgIpc) is 3.04. The van der Waals surface area contributed by atoms with E-state index in [9.17, 15) is 6.17 Å². The Kier molecular flexibility index (Phi) is 5.09. The number of hydrogen-bond donors (Lipinski definition) is 0. The van der Waals surface area contributed by atoms with Crippen LogP contribution in [-0.2, 0) is 4.79 Å². The van der Waals surface area contributed by atoms with Crippen molar-refractivity contribution < 1.29 is 7.54 Å². The Balaban J connectivity index is 1.52. The summed E-state index contributed by atoms with van der Waals surface area (Å²) in [5, 5.41) is 0. The minimum atomic E-state index is -0.848. The number of Topliss-reactive ketones (excluding diaryl/α,β-unsaturated/α-hetero) is 1. The van der Waals surface area contributed by atoms with Crippen LogP contribution in [0.3, 0.4) is 0 Å². The summed E-state index contributed by atoms with van der Waals surface area (Å²) in [4.78, 5) is 12.3. The molecule has 0 heterocycles. The van der Waals surface area contributed by atoms with E-state index in [4.69, 9.17) is 1.37 Å². The molecule has 4 fully saturated rings. The average molecular weight is 391 g/mol. The highest BCUT2D eigenvalue weighted by Gasteiger charge is 2.60. The summed E-state index contributed by atoms with van der Waals surface area (Å²) in [6.07, 6.45) is 11.8. The molecule has 0 unspecified atom stereocenters. The molecule has 0 aliphatic heterocycles. The second-order valence-electron chi connectivity index (χ2n) is 12.0. The Labute approximate surface area is 177 Å². The third kappa shape index (κ3) is 3.41. The molecule has 0 bridgehead atoms. The first kappa shape index (κ1) is 18.4. The molecule has 1 nitrogen and oxygen atoms in total. The molecule has 28 heavy (non-hydrogen) atoms. The zero-order valence-electron chi connectivity index (χ0n) is 21.2. The smallest absolute Gasteiger partial charge is 0.133 e. The first-order valence-corrected chi connectivity index (χ1v) is 12.5. The van der Waals surface area contributed by atoms with Gasteiger partial charge in [0.25, 0.3) is 0 Å². The highest BCUT2D eigenvalue weighted by Crippen LogP contribution is 2.68. The van der Waals surface area contributed by atoms with Gasteiger partial charge in [-0.2, -0.15) is 0 Å². The molecule has 160 valence electrons. The van der Waals surface area contributed by atoms with Crippen molar-refractivity contribution in [3.63, 3.8) is 0 Å². The highest BCUT2D eigenvalue weighted by atomic mass is 16.1. The van der Waals surface area contributed by atoms with E-state index < -0.39 is 12.3 Å². The fourth-order valence-electron chi connectivity index (χ4n) is 8.58. The molecule has 4 rings (SSSR count). The lowest BCUT2D eigenvalue weighted by atomic mass is 9.44. The van der Waals surface area contributed by atoms with Crippen molar-refractivity contribution in [2.45, 2.75) is 112 Å². The zero-order valence-corrected chi connectivity index (χ0v) is 19.2. The zero-order chi connectivity index (χ0) is 21.9. The minimum Gasteiger partial charge on any atom is -0.300 e. The Hall–Kier alpha value is -0.330. The Morgan fingerprint density at radius 3 is 2.50 bits per heavy atom. The fourth-order valence-corrected chi connectivity index (χ4v) is 8.58. The third-order valence-electron chi connectivity index (χ3n) is 10.2. The largest absolute Gasteiger partial charge is 0.300 e. The van der Waals surface area contributed by atoms with Gasteiger partial charge in [-0.05, 0) is 97.2 Å². The predicted molar refractivity (Wildman–Crippen MR) is 118 cm³/mol. The lowest BCUT2D eigenvalue weighted by Gasteiger charge is -2.60. The van der Waals surface area contributed by atoms with Crippen LogP contribution in [0.5, 0.6) is 0 Å². The number of fused-ring (bicyclic) bond motifs is 5. The maximum atomic E-state index is 12.3. The van der Waals surface area contributed by atoms with E-state index in [-0.39, 0.29) is 11.2 Å². The Morgan fingerprint density at radius 1 is 1.00 bits per heavy atom. The van der Waals surface area contributed by atoms with E-state index in [1.54, 1.807) is 0 Å². The van der Waals surface area contributed by atoms with Crippen molar-refractivity contribution in [2.75, 3.05) is 0 Å². The summed E-state index contributed by atoms with van der Waals surface area (Å²) >= 11 is 0. The number of hydrogen-bond acceptors (Lipinski definition) is 1. The molecule has 0 aromatic carbocycles. The van der Waals surface area contributed by atoms with Crippen molar-refractivity contribution in [1.82, 2.24) is 0 Å². The van der Waals surface area contributed by atoms with Crippen LogP contribution in [-0.4, -0.2) is 5.78 Å². The van der Waals surface area contributed by atoms with Gasteiger partial charge in [-0.15, -0.1) is 0 Å². The standard InChI is InChI=1S/C27H46O/c1-18(2)7-6-8-19(3)23-11-12-24-22-10-9-20-17-21(28)13-15-26(20,4)25(22)14-16-27(23,24)5/h18-20,22-25H,6-17H2,1-5H3/t19-,20-,22+,23-,24+,25+,26+,27-/m1/s1/i17T,20T/t17-,19-,20-,22+,23-,24+,25+,26+,27-. The van der Waals surface area contributed by atoms with Crippen LogP contribution in [0.2, 0.25) is 0 Å². The Bertz CT molecular complexity index is 661. The van der Waals surface area contributed by atoms with Crippen LogP contribution in [0, 0.1) is 52.2 Å². The molecule has 4 aliphatic rings. The summed E-state index contributed by atoms with van der Waals surface area (Å²) < 4.78 is 17.8. The van der Waals surface area contributed by atoms with Gasteiger partial charge < -0.3 is 0 Å². The molecule has 0 N–H and O–H groups in total. The predicted octanol–water partition coefficient (Wildman–Crippen LogP) is 7.68. The SMILES string of the molecule is [3H][C@H]1C(=O)CC[C@]2(C)[C@H]3CC[C@]4(C)[C@@H]([C@H](C)CCCC(C)C)CC[C@H]4[C@@H]3CC[C@]12[3H]. The van der Waals surface area contributed by atoms with Gasteiger partial charge in [-0.1, -0.05) is 53.9 Å². The molecular formula is C27H46O. The molecule has 4 aliphatic carbocycles. The van der Waals surface area contributed by atoms with Gasteiger partial charge in [0.1, 0.15) is 5.78 Å². The maximum absolute atomic E-state index is 12.3. The van der Waals surface area contributed by atoms with Gasteiger partial charge in [-0.3, -0.25) is 4.79 Å². The lowest BCUT2D eigenvalue weighted by molar-refractivity contribution is -0.140. The lowest BCUT2D eigenvalue weighted by Crippen LogP contribution is -2.53. The van der Waals surface area contributed by atoms with Crippen molar-refractivity contribution in [1.29, 1.82) is 0 Å². The second kappa shape index (κ2) is 7.73. The number of rotatable bonds is 5. The van der Waals surface area contributed by atoms with Gasteiger partial charge in [-0.25, -0.2) is 0 Å². The van der Waals surface area contributed by atoms with Crippen molar-refractivity contribution in [2.24, 2.45) is 52.2 Å².